The normalized spacial score (nSPS) is 18.6. The zero-order valence-corrected chi connectivity index (χ0v) is 15.4. The maximum atomic E-state index is 12.1. The molecule has 4 N–H and O–H groups in total. The predicted octanol–water partition coefficient (Wildman–Crippen LogP) is 2.01. The van der Waals surface area contributed by atoms with Crippen molar-refractivity contribution in [3.63, 3.8) is 0 Å². The van der Waals surface area contributed by atoms with Crippen molar-refractivity contribution in [2.24, 2.45) is 11.7 Å². The molecule has 6 nitrogen and oxygen atoms in total. The van der Waals surface area contributed by atoms with Gasteiger partial charge >= 0.3 is 5.97 Å². The molecule has 1 fully saturated rings. The molecule has 1 unspecified atom stereocenters. The van der Waals surface area contributed by atoms with Gasteiger partial charge in [0.1, 0.15) is 12.2 Å². The first kappa shape index (κ1) is 20.4. The molecule has 0 radical (unpaired) electrons. The maximum Gasteiger partial charge on any atom is 0.338 e. The molecule has 144 valence electrons. The standard InChI is InChI=1S/C20H30N2O4/c1-14(26-20(25)16-10-6-3-7-11-16)13-22-19(24)18(23)17(21)12-15-8-4-2-5-9-15/h3,6-7,10-11,14-15,17-18,23H,2,4-5,8-9,12-13,21H2,1H3,(H,22,24)/t14-,17-,18?/m1/s1. The van der Waals surface area contributed by atoms with E-state index in [9.17, 15) is 14.7 Å². The van der Waals surface area contributed by atoms with Gasteiger partial charge in [0.2, 0.25) is 0 Å². The van der Waals surface area contributed by atoms with Gasteiger partial charge in [-0.05, 0) is 31.4 Å². The molecule has 1 aromatic carbocycles. The van der Waals surface area contributed by atoms with Crippen LogP contribution < -0.4 is 11.1 Å². The molecule has 3 atom stereocenters. The summed E-state index contributed by atoms with van der Waals surface area (Å²) in [5, 5.41) is 12.8. The smallest absolute Gasteiger partial charge is 0.338 e. The molecule has 2 rings (SSSR count). The lowest BCUT2D eigenvalue weighted by Gasteiger charge is -2.26. The first-order valence-corrected chi connectivity index (χ1v) is 9.44. The van der Waals surface area contributed by atoms with Gasteiger partial charge in [0, 0.05) is 6.04 Å². The number of rotatable bonds is 8. The van der Waals surface area contributed by atoms with Crippen LogP contribution in [0.1, 0.15) is 55.8 Å². The Labute approximate surface area is 155 Å². The molecule has 0 aromatic heterocycles. The zero-order valence-electron chi connectivity index (χ0n) is 15.4. The highest BCUT2D eigenvalue weighted by atomic mass is 16.5. The average Bonchev–Trinajstić information content (AvgIpc) is 2.66. The van der Waals surface area contributed by atoms with Gasteiger partial charge in [-0.15, -0.1) is 0 Å². The second-order valence-electron chi connectivity index (χ2n) is 7.18. The van der Waals surface area contributed by atoms with Crippen LogP contribution in [0.3, 0.4) is 0 Å². The number of aliphatic hydroxyl groups is 1. The Bertz CT molecular complexity index is 572. The molecule has 1 aromatic rings. The average molecular weight is 362 g/mol. The van der Waals surface area contributed by atoms with Gasteiger partial charge in [-0.3, -0.25) is 4.79 Å². The van der Waals surface area contributed by atoms with Crippen LogP contribution in [-0.2, 0) is 9.53 Å². The number of hydrogen-bond acceptors (Lipinski definition) is 5. The van der Waals surface area contributed by atoms with E-state index in [0.717, 1.165) is 12.8 Å². The largest absolute Gasteiger partial charge is 0.457 e. The lowest BCUT2D eigenvalue weighted by atomic mass is 9.84. The third-order valence-electron chi connectivity index (χ3n) is 4.89. The van der Waals surface area contributed by atoms with Crippen LogP contribution in [0.15, 0.2) is 30.3 Å². The summed E-state index contributed by atoms with van der Waals surface area (Å²) in [6, 6.07) is 8.10. The molecule has 0 aliphatic heterocycles. The molecule has 1 amide bonds. The van der Waals surface area contributed by atoms with Crippen molar-refractivity contribution in [3.05, 3.63) is 35.9 Å². The van der Waals surface area contributed by atoms with Gasteiger partial charge in [0.05, 0.1) is 12.1 Å². The summed E-state index contributed by atoms with van der Waals surface area (Å²) in [6.07, 6.45) is 4.81. The summed E-state index contributed by atoms with van der Waals surface area (Å²) in [7, 11) is 0. The number of nitrogens with two attached hydrogens (primary N) is 1. The fourth-order valence-electron chi connectivity index (χ4n) is 3.35. The van der Waals surface area contributed by atoms with E-state index in [-0.39, 0.29) is 6.54 Å². The molecular formula is C20H30N2O4. The Morgan fingerprint density at radius 1 is 1.23 bits per heavy atom. The molecule has 26 heavy (non-hydrogen) atoms. The second kappa shape index (κ2) is 10.3. The monoisotopic (exact) mass is 362 g/mol. The molecule has 1 aliphatic rings. The molecule has 0 spiro atoms. The lowest BCUT2D eigenvalue weighted by Crippen LogP contribution is -2.48. The molecule has 1 saturated carbocycles. The van der Waals surface area contributed by atoms with Crippen molar-refractivity contribution >= 4 is 11.9 Å². The van der Waals surface area contributed by atoms with Crippen molar-refractivity contribution in [1.29, 1.82) is 0 Å². The summed E-state index contributed by atoms with van der Waals surface area (Å²) in [6.45, 7) is 1.82. The first-order chi connectivity index (χ1) is 12.5. The molecule has 1 aliphatic carbocycles. The molecule has 0 saturated heterocycles. The van der Waals surface area contributed by atoms with Gasteiger partial charge in [-0.1, -0.05) is 50.3 Å². The van der Waals surface area contributed by atoms with E-state index in [1.807, 2.05) is 6.07 Å². The van der Waals surface area contributed by atoms with E-state index in [0.29, 0.717) is 17.9 Å². The van der Waals surface area contributed by atoms with Gasteiger partial charge in [0.15, 0.2) is 0 Å². The van der Waals surface area contributed by atoms with Crippen molar-refractivity contribution in [1.82, 2.24) is 5.32 Å². The SMILES string of the molecule is C[C@H](CNC(=O)C(O)[C@H](N)CC1CCCCC1)OC(=O)c1ccccc1. The highest BCUT2D eigenvalue weighted by molar-refractivity contribution is 5.89. The predicted molar refractivity (Wildman–Crippen MR) is 99.5 cm³/mol. The number of amides is 1. The summed E-state index contributed by atoms with van der Waals surface area (Å²) in [5.41, 5.74) is 6.47. The number of carbonyl (C=O) groups excluding carboxylic acids is 2. The quantitative estimate of drug-likeness (QED) is 0.614. The number of hydrogen-bond donors (Lipinski definition) is 3. The molecule has 0 heterocycles. The fraction of sp³-hybridized carbons (Fsp3) is 0.600. The maximum absolute atomic E-state index is 12.1. The number of esters is 1. The Morgan fingerprint density at radius 3 is 2.54 bits per heavy atom. The van der Waals surface area contributed by atoms with Crippen LogP contribution in [0, 0.1) is 5.92 Å². The molecular weight excluding hydrogens is 332 g/mol. The second-order valence-corrected chi connectivity index (χ2v) is 7.18. The minimum Gasteiger partial charge on any atom is -0.457 e. The third-order valence-corrected chi connectivity index (χ3v) is 4.89. The van der Waals surface area contributed by atoms with Crippen molar-refractivity contribution < 1.29 is 19.4 Å². The van der Waals surface area contributed by atoms with E-state index < -0.39 is 30.1 Å². The Hall–Kier alpha value is -1.92. The summed E-state index contributed by atoms with van der Waals surface area (Å²) in [5.74, 6) is -0.468. The summed E-state index contributed by atoms with van der Waals surface area (Å²) < 4.78 is 5.28. The van der Waals surface area contributed by atoms with Crippen molar-refractivity contribution in [3.8, 4) is 0 Å². The number of carbonyl (C=O) groups is 2. The highest BCUT2D eigenvalue weighted by Gasteiger charge is 2.26. The Kier molecular flexibility index (Phi) is 8.06. The lowest BCUT2D eigenvalue weighted by molar-refractivity contribution is -0.131. The van der Waals surface area contributed by atoms with E-state index >= 15 is 0 Å². The molecule has 0 bridgehead atoms. The third kappa shape index (κ3) is 6.42. The number of aliphatic hydroxyl groups excluding tert-OH is 1. The van der Waals surface area contributed by atoms with Crippen molar-refractivity contribution in [2.75, 3.05) is 6.54 Å². The van der Waals surface area contributed by atoms with Crippen LogP contribution in [-0.4, -0.2) is 41.8 Å². The fourth-order valence-corrected chi connectivity index (χ4v) is 3.35. The summed E-state index contributed by atoms with van der Waals surface area (Å²) in [4.78, 5) is 24.1. The van der Waals surface area contributed by atoms with Gasteiger partial charge in [-0.2, -0.15) is 0 Å². The minimum absolute atomic E-state index is 0.130. The van der Waals surface area contributed by atoms with Gasteiger partial charge < -0.3 is 20.9 Å². The first-order valence-electron chi connectivity index (χ1n) is 9.44. The Balaban J connectivity index is 1.71. The number of nitrogens with one attached hydrogen (secondary N) is 1. The van der Waals surface area contributed by atoms with E-state index in [1.54, 1.807) is 31.2 Å². The van der Waals surface area contributed by atoms with Crippen LogP contribution in [0.4, 0.5) is 0 Å². The topological polar surface area (TPSA) is 102 Å². The van der Waals surface area contributed by atoms with Crippen LogP contribution >= 0.6 is 0 Å². The molecule has 6 heteroatoms. The highest BCUT2D eigenvalue weighted by Crippen LogP contribution is 2.27. The van der Waals surface area contributed by atoms with Gasteiger partial charge in [0.25, 0.3) is 5.91 Å². The zero-order chi connectivity index (χ0) is 18.9. The van der Waals surface area contributed by atoms with E-state index in [1.165, 1.54) is 19.3 Å². The van der Waals surface area contributed by atoms with E-state index in [4.69, 9.17) is 10.5 Å². The number of benzene rings is 1. The number of ether oxygens (including phenoxy) is 1. The van der Waals surface area contributed by atoms with Crippen LogP contribution in [0.5, 0.6) is 0 Å². The minimum atomic E-state index is -1.24. The van der Waals surface area contributed by atoms with Crippen LogP contribution in [0.2, 0.25) is 0 Å². The Morgan fingerprint density at radius 2 is 1.88 bits per heavy atom. The van der Waals surface area contributed by atoms with Crippen LogP contribution in [0.25, 0.3) is 0 Å². The summed E-state index contributed by atoms with van der Waals surface area (Å²) >= 11 is 0. The van der Waals surface area contributed by atoms with Gasteiger partial charge in [-0.25, -0.2) is 4.79 Å². The van der Waals surface area contributed by atoms with Crippen molar-refractivity contribution in [2.45, 2.75) is 63.7 Å². The van der Waals surface area contributed by atoms with E-state index in [2.05, 4.69) is 5.32 Å².